The van der Waals surface area contributed by atoms with E-state index in [0.717, 1.165) is 50.1 Å². The lowest BCUT2D eigenvalue weighted by atomic mass is 10.2. The molecule has 0 N–H and O–H groups in total. The summed E-state index contributed by atoms with van der Waals surface area (Å²) in [6.07, 6.45) is 0.155. The van der Waals surface area contributed by atoms with Gasteiger partial charge in [-0.2, -0.15) is 0 Å². The van der Waals surface area contributed by atoms with Gasteiger partial charge in [0.05, 0.1) is 24.9 Å². The summed E-state index contributed by atoms with van der Waals surface area (Å²) < 4.78 is 5.49. The second-order valence-electron chi connectivity index (χ2n) is 6.06. The molecule has 3 rings (SSSR count). The Kier molecular flexibility index (Phi) is 4.95. The van der Waals surface area contributed by atoms with Gasteiger partial charge in [0.2, 0.25) is 5.91 Å². The Labute approximate surface area is 135 Å². The van der Waals surface area contributed by atoms with E-state index in [1.807, 2.05) is 18.7 Å². The maximum Gasteiger partial charge on any atom is 0.236 e. The van der Waals surface area contributed by atoms with Crippen LogP contribution in [0.3, 0.4) is 0 Å². The molecule has 1 aromatic heterocycles. The zero-order valence-corrected chi connectivity index (χ0v) is 14.1. The molecule has 2 saturated heterocycles. The van der Waals surface area contributed by atoms with E-state index in [1.54, 1.807) is 11.3 Å². The minimum Gasteiger partial charge on any atom is -0.375 e. The van der Waals surface area contributed by atoms with E-state index in [2.05, 4.69) is 20.2 Å². The second kappa shape index (κ2) is 6.93. The van der Waals surface area contributed by atoms with E-state index in [0.29, 0.717) is 13.2 Å². The van der Waals surface area contributed by atoms with Crippen molar-refractivity contribution in [1.29, 1.82) is 0 Å². The SMILES string of the molecule is Cc1csc(N2CCN(CC(=O)N3CCOC(C)C3)CC2)n1. The predicted octanol–water partition coefficient (Wildman–Crippen LogP) is 0.821. The Bertz CT molecular complexity index is 513. The van der Waals surface area contributed by atoms with Crippen LogP contribution >= 0.6 is 11.3 Å². The zero-order valence-electron chi connectivity index (χ0n) is 13.3. The van der Waals surface area contributed by atoms with Crippen LogP contribution in [0.25, 0.3) is 0 Å². The average Bonchev–Trinajstić information content (AvgIpc) is 2.94. The van der Waals surface area contributed by atoms with Crippen LogP contribution in [0, 0.1) is 6.92 Å². The quantitative estimate of drug-likeness (QED) is 0.824. The van der Waals surface area contributed by atoms with Crippen molar-refractivity contribution in [3.63, 3.8) is 0 Å². The maximum atomic E-state index is 12.4. The molecule has 0 bridgehead atoms. The van der Waals surface area contributed by atoms with Crippen molar-refractivity contribution in [1.82, 2.24) is 14.8 Å². The lowest BCUT2D eigenvalue weighted by Gasteiger charge is -2.36. The Balaban J connectivity index is 1.46. The number of carbonyl (C=O) groups is 1. The van der Waals surface area contributed by atoms with E-state index in [1.165, 1.54) is 0 Å². The van der Waals surface area contributed by atoms with Gasteiger partial charge in [0, 0.05) is 44.6 Å². The first-order chi connectivity index (χ1) is 10.6. The molecule has 1 aromatic rings. The number of thiazole rings is 1. The number of amides is 1. The molecule has 7 heteroatoms. The maximum absolute atomic E-state index is 12.4. The molecule has 122 valence electrons. The number of ether oxygens (including phenoxy) is 1. The summed E-state index contributed by atoms with van der Waals surface area (Å²) in [6.45, 7) is 10.4. The molecule has 3 heterocycles. The summed E-state index contributed by atoms with van der Waals surface area (Å²) in [7, 11) is 0. The zero-order chi connectivity index (χ0) is 15.5. The number of piperazine rings is 1. The number of hydrogen-bond donors (Lipinski definition) is 0. The van der Waals surface area contributed by atoms with Crippen molar-refractivity contribution in [2.24, 2.45) is 0 Å². The number of aryl methyl sites for hydroxylation is 1. The van der Waals surface area contributed by atoms with Crippen LogP contribution in [0.2, 0.25) is 0 Å². The molecule has 6 nitrogen and oxygen atoms in total. The molecule has 1 amide bonds. The highest BCUT2D eigenvalue weighted by molar-refractivity contribution is 7.13. The van der Waals surface area contributed by atoms with Gasteiger partial charge in [0.25, 0.3) is 0 Å². The Morgan fingerprint density at radius 3 is 2.77 bits per heavy atom. The predicted molar refractivity (Wildman–Crippen MR) is 87.5 cm³/mol. The van der Waals surface area contributed by atoms with Crippen LogP contribution in [0.4, 0.5) is 5.13 Å². The summed E-state index contributed by atoms with van der Waals surface area (Å²) in [5.41, 5.74) is 1.08. The van der Waals surface area contributed by atoms with Crippen molar-refractivity contribution in [2.45, 2.75) is 20.0 Å². The molecular weight excluding hydrogens is 300 g/mol. The Morgan fingerprint density at radius 2 is 2.14 bits per heavy atom. The van der Waals surface area contributed by atoms with Crippen molar-refractivity contribution in [3.05, 3.63) is 11.1 Å². The van der Waals surface area contributed by atoms with Crippen molar-refractivity contribution in [3.8, 4) is 0 Å². The monoisotopic (exact) mass is 324 g/mol. The Hall–Kier alpha value is -1.18. The van der Waals surface area contributed by atoms with Crippen LogP contribution in [-0.2, 0) is 9.53 Å². The third-order valence-electron chi connectivity index (χ3n) is 4.20. The minimum atomic E-state index is 0.155. The van der Waals surface area contributed by atoms with Gasteiger partial charge >= 0.3 is 0 Å². The van der Waals surface area contributed by atoms with Gasteiger partial charge in [-0.1, -0.05) is 0 Å². The third-order valence-corrected chi connectivity index (χ3v) is 5.22. The lowest BCUT2D eigenvalue weighted by molar-refractivity contribution is -0.139. The second-order valence-corrected chi connectivity index (χ2v) is 6.89. The number of aromatic nitrogens is 1. The molecule has 2 fully saturated rings. The third kappa shape index (κ3) is 3.77. The number of anilines is 1. The summed E-state index contributed by atoms with van der Waals surface area (Å²) in [5, 5.41) is 3.19. The van der Waals surface area contributed by atoms with E-state index >= 15 is 0 Å². The molecule has 2 aliphatic heterocycles. The lowest BCUT2D eigenvalue weighted by Crippen LogP contribution is -2.52. The average molecular weight is 324 g/mol. The highest BCUT2D eigenvalue weighted by Gasteiger charge is 2.25. The largest absolute Gasteiger partial charge is 0.375 e. The molecule has 1 atom stereocenters. The Morgan fingerprint density at radius 1 is 1.36 bits per heavy atom. The van der Waals surface area contributed by atoms with Gasteiger partial charge in [-0.15, -0.1) is 11.3 Å². The van der Waals surface area contributed by atoms with E-state index in [4.69, 9.17) is 4.74 Å². The number of carbonyl (C=O) groups excluding carboxylic acids is 1. The molecule has 0 aliphatic carbocycles. The normalized spacial score (nSPS) is 23.8. The summed E-state index contributed by atoms with van der Waals surface area (Å²) in [5.74, 6) is 0.230. The first kappa shape index (κ1) is 15.7. The smallest absolute Gasteiger partial charge is 0.236 e. The van der Waals surface area contributed by atoms with E-state index in [9.17, 15) is 4.79 Å². The fourth-order valence-electron chi connectivity index (χ4n) is 2.92. The summed E-state index contributed by atoms with van der Waals surface area (Å²) in [6, 6.07) is 0. The van der Waals surface area contributed by atoms with E-state index in [-0.39, 0.29) is 12.0 Å². The highest BCUT2D eigenvalue weighted by atomic mass is 32.1. The summed E-state index contributed by atoms with van der Waals surface area (Å²) in [4.78, 5) is 23.4. The standard InChI is InChI=1S/C15H24N4O2S/c1-12-11-22-15(16-12)18-5-3-17(4-6-18)10-14(20)19-7-8-21-13(2)9-19/h11,13H,3-10H2,1-2H3. The van der Waals surface area contributed by atoms with E-state index < -0.39 is 0 Å². The fourth-order valence-corrected chi connectivity index (χ4v) is 3.78. The molecular formula is C15H24N4O2S. The van der Waals surface area contributed by atoms with Gasteiger partial charge < -0.3 is 14.5 Å². The van der Waals surface area contributed by atoms with Gasteiger partial charge in [0.1, 0.15) is 0 Å². The summed E-state index contributed by atoms with van der Waals surface area (Å²) >= 11 is 1.70. The molecule has 0 aromatic carbocycles. The first-order valence-corrected chi connectivity index (χ1v) is 8.78. The van der Waals surface area contributed by atoms with Crippen LogP contribution < -0.4 is 4.90 Å². The van der Waals surface area contributed by atoms with Crippen molar-refractivity contribution in [2.75, 3.05) is 57.3 Å². The molecule has 2 aliphatic rings. The topological polar surface area (TPSA) is 48.9 Å². The fraction of sp³-hybridized carbons (Fsp3) is 0.733. The van der Waals surface area contributed by atoms with Crippen LogP contribution in [0.1, 0.15) is 12.6 Å². The van der Waals surface area contributed by atoms with Gasteiger partial charge in [-0.25, -0.2) is 4.98 Å². The van der Waals surface area contributed by atoms with Gasteiger partial charge in [-0.3, -0.25) is 9.69 Å². The molecule has 22 heavy (non-hydrogen) atoms. The molecule has 0 saturated carbocycles. The number of morpholine rings is 1. The number of nitrogens with zero attached hydrogens (tertiary/aromatic N) is 4. The van der Waals surface area contributed by atoms with Crippen LogP contribution in [0.5, 0.6) is 0 Å². The van der Waals surface area contributed by atoms with Crippen molar-refractivity contribution >= 4 is 22.4 Å². The molecule has 1 unspecified atom stereocenters. The van der Waals surface area contributed by atoms with Gasteiger partial charge in [-0.05, 0) is 13.8 Å². The molecule has 0 spiro atoms. The van der Waals surface area contributed by atoms with Crippen LogP contribution in [0.15, 0.2) is 5.38 Å². The van der Waals surface area contributed by atoms with Gasteiger partial charge in [0.15, 0.2) is 5.13 Å². The number of hydrogen-bond acceptors (Lipinski definition) is 6. The minimum absolute atomic E-state index is 0.155. The van der Waals surface area contributed by atoms with Crippen molar-refractivity contribution < 1.29 is 9.53 Å². The molecule has 0 radical (unpaired) electrons. The first-order valence-electron chi connectivity index (χ1n) is 7.90. The number of rotatable bonds is 3. The highest BCUT2D eigenvalue weighted by Crippen LogP contribution is 2.21. The van der Waals surface area contributed by atoms with Crippen LogP contribution in [-0.4, -0.2) is 79.2 Å².